The highest BCUT2D eigenvalue weighted by Crippen LogP contribution is 2.23. The van der Waals surface area contributed by atoms with E-state index in [1.165, 1.54) is 0 Å². The van der Waals surface area contributed by atoms with E-state index in [0.717, 1.165) is 5.56 Å². The zero-order chi connectivity index (χ0) is 14.5. The molecule has 0 aliphatic carbocycles. The largest absolute Gasteiger partial charge is 0.467 e. The molecule has 3 unspecified atom stereocenters. The number of hydrogen-bond donors (Lipinski definition) is 2. The van der Waals surface area contributed by atoms with Crippen LogP contribution >= 0.6 is 11.6 Å². The topological polar surface area (TPSA) is 58.3 Å². The zero-order valence-corrected chi connectivity index (χ0v) is 12.3. The maximum absolute atomic E-state index is 10.0. The second-order valence-corrected chi connectivity index (χ2v) is 5.30. The van der Waals surface area contributed by atoms with Gasteiger partial charge in [-0.2, -0.15) is 0 Å². The van der Waals surface area contributed by atoms with Gasteiger partial charge in [0.15, 0.2) is 0 Å². The van der Waals surface area contributed by atoms with Crippen LogP contribution in [0.4, 0.5) is 0 Å². The van der Waals surface area contributed by atoms with Gasteiger partial charge >= 0.3 is 0 Å². The Kier molecular flexibility index (Phi) is 5.17. The highest BCUT2D eigenvalue weighted by molar-refractivity contribution is 6.30. The molecular weight excluding hydrogens is 276 g/mol. The molecule has 0 amide bonds. The average molecular weight is 295 g/mol. The molecule has 0 aliphatic rings. The number of pyridine rings is 1. The van der Waals surface area contributed by atoms with E-state index in [1.807, 2.05) is 26.0 Å². The van der Waals surface area contributed by atoms with Crippen molar-refractivity contribution in [2.75, 3.05) is 0 Å². The molecule has 4 nitrogen and oxygen atoms in total. The van der Waals surface area contributed by atoms with Crippen molar-refractivity contribution in [3.63, 3.8) is 0 Å². The summed E-state index contributed by atoms with van der Waals surface area (Å²) in [6, 6.07) is 7.54. The molecule has 2 rings (SSSR count). The first-order valence-corrected chi connectivity index (χ1v) is 7.03. The number of furan rings is 1. The minimum absolute atomic E-state index is 0.0648. The van der Waals surface area contributed by atoms with Crippen LogP contribution in [0.15, 0.2) is 41.1 Å². The third-order valence-corrected chi connectivity index (χ3v) is 3.55. The summed E-state index contributed by atoms with van der Waals surface area (Å²) in [6.45, 7) is 4.05. The van der Waals surface area contributed by atoms with Crippen LogP contribution in [0, 0.1) is 0 Å². The van der Waals surface area contributed by atoms with Crippen LogP contribution in [0.1, 0.15) is 43.7 Å². The number of rotatable bonds is 6. The van der Waals surface area contributed by atoms with Gasteiger partial charge in [-0.25, -0.2) is 4.98 Å². The number of hydrogen-bond acceptors (Lipinski definition) is 4. The molecule has 0 saturated carbocycles. The average Bonchev–Trinajstić information content (AvgIpc) is 2.92. The lowest BCUT2D eigenvalue weighted by atomic mass is 10.1. The number of nitrogens with zero attached hydrogens (tertiary/aromatic N) is 1. The van der Waals surface area contributed by atoms with Crippen molar-refractivity contribution in [2.24, 2.45) is 0 Å². The summed E-state index contributed by atoms with van der Waals surface area (Å²) >= 11 is 6.07. The maximum Gasteiger partial charge on any atom is 0.133 e. The smallest absolute Gasteiger partial charge is 0.133 e. The summed E-state index contributed by atoms with van der Waals surface area (Å²) in [6.07, 6.45) is 3.19. The predicted octanol–water partition coefficient (Wildman–Crippen LogP) is 3.49. The van der Waals surface area contributed by atoms with Crippen LogP contribution in [-0.4, -0.2) is 16.1 Å². The normalized spacial score (nSPS) is 15.8. The fourth-order valence-corrected chi connectivity index (χ4v) is 2.52. The minimum Gasteiger partial charge on any atom is -0.467 e. The van der Waals surface area contributed by atoms with Gasteiger partial charge in [-0.15, -0.1) is 0 Å². The summed E-state index contributed by atoms with van der Waals surface area (Å²) in [5.74, 6) is 0.589. The molecule has 0 aromatic carbocycles. The summed E-state index contributed by atoms with van der Waals surface area (Å²) in [7, 11) is 0. The Bertz CT molecular complexity index is 530. The molecule has 3 atom stereocenters. The Labute approximate surface area is 123 Å². The molecule has 108 valence electrons. The Morgan fingerprint density at radius 1 is 1.35 bits per heavy atom. The van der Waals surface area contributed by atoms with E-state index >= 15 is 0 Å². The van der Waals surface area contributed by atoms with Crippen molar-refractivity contribution < 1.29 is 9.52 Å². The molecule has 0 saturated heterocycles. The SMILES string of the molecule is CC(CC(O)c1ccco1)NC(C)c1cccnc1Cl. The molecule has 2 aromatic rings. The summed E-state index contributed by atoms with van der Waals surface area (Å²) < 4.78 is 5.20. The van der Waals surface area contributed by atoms with Crippen molar-refractivity contribution >= 4 is 11.6 Å². The molecule has 0 radical (unpaired) electrons. The van der Waals surface area contributed by atoms with E-state index in [-0.39, 0.29) is 12.1 Å². The van der Waals surface area contributed by atoms with Crippen LogP contribution < -0.4 is 5.32 Å². The molecular formula is C15H19ClN2O2. The maximum atomic E-state index is 10.0. The highest BCUT2D eigenvalue weighted by Gasteiger charge is 2.17. The van der Waals surface area contributed by atoms with Crippen LogP contribution in [0.2, 0.25) is 5.15 Å². The Balaban J connectivity index is 1.91. The van der Waals surface area contributed by atoms with Gasteiger partial charge in [0.2, 0.25) is 0 Å². The van der Waals surface area contributed by atoms with E-state index in [9.17, 15) is 5.11 Å². The molecule has 0 aliphatic heterocycles. The third-order valence-electron chi connectivity index (χ3n) is 3.24. The molecule has 0 spiro atoms. The molecule has 5 heteroatoms. The first kappa shape index (κ1) is 15.0. The first-order valence-electron chi connectivity index (χ1n) is 6.66. The van der Waals surface area contributed by atoms with E-state index in [2.05, 4.69) is 10.3 Å². The second-order valence-electron chi connectivity index (χ2n) is 4.94. The lowest BCUT2D eigenvalue weighted by molar-refractivity contribution is 0.127. The van der Waals surface area contributed by atoms with Gasteiger partial charge in [0, 0.05) is 23.8 Å². The Hall–Kier alpha value is -1.36. The molecule has 0 fully saturated rings. The first-order chi connectivity index (χ1) is 9.58. The molecule has 2 heterocycles. The van der Waals surface area contributed by atoms with Crippen molar-refractivity contribution in [1.29, 1.82) is 0 Å². The van der Waals surface area contributed by atoms with Crippen molar-refractivity contribution in [1.82, 2.24) is 10.3 Å². The van der Waals surface area contributed by atoms with Gasteiger partial charge < -0.3 is 14.8 Å². The van der Waals surface area contributed by atoms with Crippen LogP contribution in [0.25, 0.3) is 0 Å². The summed E-state index contributed by atoms with van der Waals surface area (Å²) in [5, 5.41) is 14.0. The zero-order valence-electron chi connectivity index (χ0n) is 11.6. The molecule has 0 bridgehead atoms. The number of aliphatic hydroxyl groups excluding tert-OH is 1. The standard InChI is InChI=1S/C15H19ClN2O2/c1-10(9-13(19)14-6-4-8-20-14)18-11(2)12-5-3-7-17-15(12)16/h3-8,10-11,13,18-19H,9H2,1-2H3. The lowest BCUT2D eigenvalue weighted by Crippen LogP contribution is -2.30. The molecule has 2 N–H and O–H groups in total. The van der Waals surface area contributed by atoms with Gasteiger partial charge in [0.1, 0.15) is 17.0 Å². The van der Waals surface area contributed by atoms with E-state index < -0.39 is 6.10 Å². The van der Waals surface area contributed by atoms with Crippen molar-refractivity contribution in [3.8, 4) is 0 Å². The van der Waals surface area contributed by atoms with Gasteiger partial charge in [-0.1, -0.05) is 17.7 Å². The fraction of sp³-hybridized carbons (Fsp3) is 0.400. The number of halogens is 1. The number of nitrogens with one attached hydrogen (secondary N) is 1. The Morgan fingerprint density at radius 2 is 2.15 bits per heavy atom. The molecule has 2 aromatic heterocycles. The third kappa shape index (κ3) is 3.82. The summed E-state index contributed by atoms with van der Waals surface area (Å²) in [4.78, 5) is 4.07. The highest BCUT2D eigenvalue weighted by atomic mass is 35.5. The van der Waals surface area contributed by atoms with Gasteiger partial charge in [-0.05, 0) is 38.5 Å². The lowest BCUT2D eigenvalue weighted by Gasteiger charge is -2.22. The van der Waals surface area contributed by atoms with E-state index in [1.54, 1.807) is 24.6 Å². The van der Waals surface area contributed by atoms with Gasteiger partial charge in [0.25, 0.3) is 0 Å². The number of aliphatic hydroxyl groups is 1. The van der Waals surface area contributed by atoms with Crippen LogP contribution in [-0.2, 0) is 0 Å². The van der Waals surface area contributed by atoms with Gasteiger partial charge in [0.05, 0.1) is 6.26 Å². The second kappa shape index (κ2) is 6.88. The monoisotopic (exact) mass is 294 g/mol. The van der Waals surface area contributed by atoms with Crippen LogP contribution in [0.5, 0.6) is 0 Å². The summed E-state index contributed by atoms with van der Waals surface area (Å²) in [5.41, 5.74) is 0.952. The predicted molar refractivity (Wildman–Crippen MR) is 78.5 cm³/mol. The van der Waals surface area contributed by atoms with Gasteiger partial charge in [-0.3, -0.25) is 0 Å². The van der Waals surface area contributed by atoms with Crippen LogP contribution in [0.3, 0.4) is 0 Å². The molecule has 20 heavy (non-hydrogen) atoms. The quantitative estimate of drug-likeness (QED) is 0.801. The fourth-order valence-electron chi connectivity index (χ4n) is 2.24. The van der Waals surface area contributed by atoms with Crippen molar-refractivity contribution in [3.05, 3.63) is 53.2 Å². The number of aromatic nitrogens is 1. The van der Waals surface area contributed by atoms with E-state index in [4.69, 9.17) is 16.0 Å². The van der Waals surface area contributed by atoms with Crippen molar-refractivity contribution in [2.45, 2.75) is 38.5 Å². The Morgan fingerprint density at radius 3 is 2.80 bits per heavy atom. The minimum atomic E-state index is -0.607. The van der Waals surface area contributed by atoms with E-state index in [0.29, 0.717) is 17.3 Å².